The molecule has 2 aromatic rings. The smallest absolute Gasteiger partial charge is 0.250 e. The molecule has 0 saturated carbocycles. The minimum absolute atomic E-state index is 0.0138. The van der Waals surface area contributed by atoms with Gasteiger partial charge in [-0.1, -0.05) is 19.9 Å². The Labute approximate surface area is 133 Å². The Morgan fingerprint density at radius 2 is 2.18 bits per heavy atom. The quantitative estimate of drug-likeness (QED) is 0.805. The van der Waals surface area contributed by atoms with E-state index in [2.05, 4.69) is 9.71 Å². The van der Waals surface area contributed by atoms with E-state index in [1.165, 1.54) is 18.3 Å². The molecule has 120 valence electrons. The van der Waals surface area contributed by atoms with Crippen LogP contribution in [0.25, 0.3) is 0 Å². The second kappa shape index (κ2) is 7.08. The molecule has 6 nitrogen and oxygen atoms in total. The van der Waals surface area contributed by atoms with Gasteiger partial charge in [0, 0.05) is 18.0 Å². The van der Waals surface area contributed by atoms with Crippen LogP contribution in [0.1, 0.15) is 19.5 Å². The maximum atomic E-state index is 12.0. The molecule has 0 bridgehead atoms. The van der Waals surface area contributed by atoms with Gasteiger partial charge in [0.25, 0.3) is 0 Å². The number of aromatic nitrogens is 1. The standard InChI is InChI=1S/C14H18N2O4S2/c1-10(2)9-20-13-8-15-11(6-12(13)17)7-16-22(18,19)14-4-3-5-21-14/h3-6,8,10,16H,7,9H2,1-2H3,(H,15,17). The van der Waals surface area contributed by atoms with Crippen molar-refractivity contribution in [3.63, 3.8) is 0 Å². The molecule has 2 N–H and O–H groups in total. The zero-order chi connectivity index (χ0) is 16.2. The molecule has 0 spiro atoms. The van der Waals surface area contributed by atoms with Crippen LogP contribution >= 0.6 is 11.3 Å². The van der Waals surface area contributed by atoms with Gasteiger partial charge in [0.05, 0.1) is 13.2 Å². The summed E-state index contributed by atoms with van der Waals surface area (Å²) in [5, 5.41) is 1.69. The number of aromatic amines is 1. The summed E-state index contributed by atoms with van der Waals surface area (Å²) in [5.41, 5.74) is 0.201. The summed E-state index contributed by atoms with van der Waals surface area (Å²) in [6, 6.07) is 4.53. The van der Waals surface area contributed by atoms with Gasteiger partial charge < -0.3 is 9.72 Å². The molecule has 0 radical (unpaired) electrons. The van der Waals surface area contributed by atoms with Gasteiger partial charge in [0.2, 0.25) is 15.5 Å². The molecule has 0 amide bonds. The molecular formula is C14H18N2O4S2. The van der Waals surface area contributed by atoms with Crippen molar-refractivity contribution < 1.29 is 13.2 Å². The molecule has 2 aromatic heterocycles. The molecule has 0 aliphatic carbocycles. The topological polar surface area (TPSA) is 88.3 Å². The lowest BCUT2D eigenvalue weighted by Gasteiger charge is -2.09. The van der Waals surface area contributed by atoms with Crippen molar-refractivity contribution in [2.24, 2.45) is 5.92 Å². The Kier molecular flexibility index (Phi) is 5.38. The Hall–Kier alpha value is -1.64. The zero-order valence-corrected chi connectivity index (χ0v) is 14.0. The van der Waals surface area contributed by atoms with E-state index >= 15 is 0 Å². The lowest BCUT2D eigenvalue weighted by atomic mass is 10.2. The first-order valence-electron chi connectivity index (χ1n) is 6.76. The molecule has 0 fully saturated rings. The Balaban J connectivity index is 2.02. The molecule has 2 heterocycles. The number of hydrogen-bond acceptors (Lipinski definition) is 5. The summed E-state index contributed by atoms with van der Waals surface area (Å²) in [7, 11) is -3.54. The number of sulfonamides is 1. The number of rotatable bonds is 7. The Morgan fingerprint density at radius 3 is 2.77 bits per heavy atom. The molecule has 22 heavy (non-hydrogen) atoms. The number of H-pyrrole nitrogens is 1. The van der Waals surface area contributed by atoms with Crippen LogP contribution in [-0.4, -0.2) is 20.0 Å². The van der Waals surface area contributed by atoms with E-state index in [1.54, 1.807) is 11.4 Å². The maximum absolute atomic E-state index is 12.0. The van der Waals surface area contributed by atoms with Crippen molar-refractivity contribution in [3.8, 4) is 5.75 Å². The third kappa shape index (κ3) is 4.43. The van der Waals surface area contributed by atoms with Gasteiger partial charge in [-0.25, -0.2) is 13.1 Å². The van der Waals surface area contributed by atoms with Gasteiger partial charge in [0.1, 0.15) is 4.21 Å². The van der Waals surface area contributed by atoms with Crippen LogP contribution in [0.3, 0.4) is 0 Å². The van der Waals surface area contributed by atoms with E-state index in [0.29, 0.717) is 18.2 Å². The summed E-state index contributed by atoms with van der Waals surface area (Å²) in [5.74, 6) is 0.551. The molecule has 0 unspecified atom stereocenters. The normalized spacial score (nSPS) is 11.8. The average Bonchev–Trinajstić information content (AvgIpc) is 2.99. The molecule has 0 aromatic carbocycles. The number of pyridine rings is 1. The van der Waals surface area contributed by atoms with E-state index in [1.807, 2.05) is 13.8 Å². The van der Waals surface area contributed by atoms with Gasteiger partial charge in [0.15, 0.2) is 5.75 Å². The Bertz CT molecular complexity index is 764. The van der Waals surface area contributed by atoms with Crippen LogP contribution in [0.5, 0.6) is 5.75 Å². The fraction of sp³-hybridized carbons (Fsp3) is 0.357. The molecule has 0 aliphatic heterocycles. The van der Waals surface area contributed by atoms with Gasteiger partial charge in [-0.2, -0.15) is 0 Å². The van der Waals surface area contributed by atoms with Gasteiger partial charge >= 0.3 is 0 Å². The fourth-order valence-electron chi connectivity index (χ4n) is 1.63. The second-order valence-electron chi connectivity index (χ2n) is 5.15. The van der Waals surface area contributed by atoms with Crippen molar-refractivity contribution >= 4 is 21.4 Å². The first-order valence-corrected chi connectivity index (χ1v) is 9.12. The molecule has 2 rings (SSSR count). The van der Waals surface area contributed by atoms with Crippen molar-refractivity contribution in [1.29, 1.82) is 0 Å². The highest BCUT2D eigenvalue weighted by atomic mass is 32.2. The van der Waals surface area contributed by atoms with Crippen molar-refractivity contribution in [3.05, 3.63) is 45.7 Å². The predicted octanol–water partition coefficient (Wildman–Crippen LogP) is 1.95. The average molecular weight is 342 g/mol. The van der Waals surface area contributed by atoms with Crippen LogP contribution in [0.2, 0.25) is 0 Å². The highest BCUT2D eigenvalue weighted by molar-refractivity contribution is 7.91. The number of ether oxygens (including phenoxy) is 1. The van der Waals surface area contributed by atoms with E-state index in [-0.39, 0.29) is 21.9 Å². The number of nitrogens with one attached hydrogen (secondary N) is 2. The predicted molar refractivity (Wildman–Crippen MR) is 85.7 cm³/mol. The minimum atomic E-state index is -3.54. The van der Waals surface area contributed by atoms with E-state index in [4.69, 9.17) is 4.74 Å². The third-order valence-corrected chi connectivity index (χ3v) is 5.52. The number of hydrogen-bond donors (Lipinski definition) is 2. The summed E-state index contributed by atoms with van der Waals surface area (Å²) in [4.78, 5) is 14.8. The second-order valence-corrected chi connectivity index (χ2v) is 8.09. The summed E-state index contributed by atoms with van der Waals surface area (Å²) >= 11 is 1.14. The minimum Gasteiger partial charge on any atom is -0.488 e. The van der Waals surface area contributed by atoms with Crippen LogP contribution in [0.4, 0.5) is 0 Å². The molecule has 0 aliphatic rings. The SMILES string of the molecule is CC(C)COc1c[nH]c(CNS(=O)(=O)c2cccs2)cc1=O. The van der Waals surface area contributed by atoms with Crippen molar-refractivity contribution in [2.45, 2.75) is 24.6 Å². The van der Waals surface area contributed by atoms with Gasteiger partial charge in [-0.05, 0) is 17.4 Å². The first kappa shape index (κ1) is 16.7. The first-order chi connectivity index (χ1) is 10.4. The van der Waals surface area contributed by atoms with E-state index in [9.17, 15) is 13.2 Å². The van der Waals surface area contributed by atoms with Gasteiger partial charge in [-0.3, -0.25) is 4.79 Å². The highest BCUT2D eigenvalue weighted by Gasteiger charge is 2.15. The third-order valence-electron chi connectivity index (χ3n) is 2.72. The van der Waals surface area contributed by atoms with Crippen molar-refractivity contribution in [1.82, 2.24) is 9.71 Å². The van der Waals surface area contributed by atoms with Crippen LogP contribution in [0.15, 0.2) is 38.8 Å². The maximum Gasteiger partial charge on any atom is 0.250 e. The monoisotopic (exact) mass is 342 g/mol. The lowest BCUT2D eigenvalue weighted by Crippen LogP contribution is -2.24. The van der Waals surface area contributed by atoms with Crippen molar-refractivity contribution in [2.75, 3.05) is 6.61 Å². The van der Waals surface area contributed by atoms with E-state index < -0.39 is 10.0 Å². The molecule has 0 saturated heterocycles. The summed E-state index contributed by atoms with van der Waals surface area (Å²) in [6.07, 6.45) is 1.46. The fourth-order valence-corrected chi connectivity index (χ4v) is 3.68. The van der Waals surface area contributed by atoms with Gasteiger partial charge in [-0.15, -0.1) is 11.3 Å². The van der Waals surface area contributed by atoms with Crippen LogP contribution in [0, 0.1) is 5.92 Å². The summed E-state index contributed by atoms with van der Waals surface area (Å²) in [6.45, 7) is 4.44. The Morgan fingerprint density at radius 1 is 1.41 bits per heavy atom. The molecule has 8 heteroatoms. The molecular weight excluding hydrogens is 324 g/mol. The highest BCUT2D eigenvalue weighted by Crippen LogP contribution is 2.15. The largest absolute Gasteiger partial charge is 0.488 e. The van der Waals surface area contributed by atoms with Crippen LogP contribution in [-0.2, 0) is 16.6 Å². The zero-order valence-electron chi connectivity index (χ0n) is 12.3. The van der Waals surface area contributed by atoms with Crippen LogP contribution < -0.4 is 14.9 Å². The lowest BCUT2D eigenvalue weighted by molar-refractivity contribution is 0.267. The number of thiophene rings is 1. The van der Waals surface area contributed by atoms with E-state index in [0.717, 1.165) is 11.3 Å². The molecule has 0 atom stereocenters. The summed E-state index contributed by atoms with van der Waals surface area (Å²) < 4.78 is 32.0.